The standard InChI is InChI=1S/C13H12O2S/c14-12-6-2-1-5-11(12)13(15)8-7-10-4-3-9-16-10/h1-6,9,14H,7-8H2. The molecule has 0 saturated heterocycles. The molecule has 1 aromatic heterocycles. The van der Waals surface area contributed by atoms with Crippen LogP contribution >= 0.6 is 11.3 Å². The van der Waals surface area contributed by atoms with E-state index in [-0.39, 0.29) is 11.5 Å². The number of para-hydroxylation sites is 1. The Bertz CT molecular complexity index is 474. The highest BCUT2D eigenvalue weighted by Crippen LogP contribution is 2.19. The molecule has 0 aliphatic carbocycles. The van der Waals surface area contributed by atoms with Gasteiger partial charge in [0.25, 0.3) is 0 Å². The number of thiophene rings is 1. The van der Waals surface area contributed by atoms with Crippen LogP contribution in [0, 0.1) is 0 Å². The van der Waals surface area contributed by atoms with Crippen LogP contribution in [0.1, 0.15) is 21.7 Å². The molecule has 0 radical (unpaired) electrons. The summed E-state index contributed by atoms with van der Waals surface area (Å²) in [6.45, 7) is 0. The molecule has 16 heavy (non-hydrogen) atoms. The second kappa shape index (κ2) is 4.94. The van der Waals surface area contributed by atoms with E-state index in [9.17, 15) is 9.90 Å². The molecular weight excluding hydrogens is 220 g/mol. The Labute approximate surface area is 98.2 Å². The van der Waals surface area contributed by atoms with E-state index in [4.69, 9.17) is 0 Å². The Kier molecular flexibility index (Phi) is 3.37. The monoisotopic (exact) mass is 232 g/mol. The van der Waals surface area contributed by atoms with Crippen molar-refractivity contribution in [3.05, 3.63) is 52.2 Å². The van der Waals surface area contributed by atoms with Crippen LogP contribution in [0.3, 0.4) is 0 Å². The molecule has 0 aliphatic rings. The second-order valence-electron chi connectivity index (χ2n) is 3.52. The Morgan fingerprint density at radius 3 is 2.69 bits per heavy atom. The first kappa shape index (κ1) is 10.9. The molecule has 0 saturated carbocycles. The molecule has 2 rings (SSSR count). The third-order valence-corrected chi connectivity index (χ3v) is 3.32. The van der Waals surface area contributed by atoms with Crippen molar-refractivity contribution in [1.29, 1.82) is 0 Å². The van der Waals surface area contributed by atoms with E-state index in [1.165, 1.54) is 4.88 Å². The second-order valence-corrected chi connectivity index (χ2v) is 4.55. The normalized spacial score (nSPS) is 10.2. The molecule has 1 aromatic carbocycles. The fourth-order valence-corrected chi connectivity index (χ4v) is 2.24. The number of benzene rings is 1. The maximum atomic E-state index is 11.8. The summed E-state index contributed by atoms with van der Waals surface area (Å²) in [5.41, 5.74) is 0.416. The molecule has 82 valence electrons. The van der Waals surface area contributed by atoms with Crippen LogP contribution in [0.25, 0.3) is 0 Å². The molecule has 2 aromatic rings. The fourth-order valence-electron chi connectivity index (χ4n) is 1.54. The summed E-state index contributed by atoms with van der Waals surface area (Å²) in [6.07, 6.45) is 1.18. The third-order valence-electron chi connectivity index (χ3n) is 2.38. The molecule has 3 heteroatoms. The van der Waals surface area contributed by atoms with Gasteiger partial charge < -0.3 is 5.11 Å². The summed E-state index contributed by atoms with van der Waals surface area (Å²) < 4.78 is 0. The zero-order valence-corrected chi connectivity index (χ0v) is 9.54. The average Bonchev–Trinajstić information content (AvgIpc) is 2.79. The fraction of sp³-hybridized carbons (Fsp3) is 0.154. The lowest BCUT2D eigenvalue weighted by molar-refractivity contribution is 0.0980. The first-order valence-corrected chi connectivity index (χ1v) is 5.99. The molecule has 0 bridgehead atoms. The maximum absolute atomic E-state index is 11.8. The van der Waals surface area contributed by atoms with Gasteiger partial charge in [-0.15, -0.1) is 11.3 Å². The number of aromatic hydroxyl groups is 1. The van der Waals surface area contributed by atoms with Crippen molar-refractivity contribution in [2.45, 2.75) is 12.8 Å². The quantitative estimate of drug-likeness (QED) is 0.821. The molecule has 2 nitrogen and oxygen atoms in total. The number of phenolic OH excluding ortho intramolecular Hbond substituents is 1. The Hall–Kier alpha value is -1.61. The van der Waals surface area contributed by atoms with E-state index < -0.39 is 0 Å². The lowest BCUT2D eigenvalue weighted by Crippen LogP contribution is -2.00. The van der Waals surface area contributed by atoms with Crippen LogP contribution in [0.4, 0.5) is 0 Å². The van der Waals surface area contributed by atoms with Gasteiger partial charge in [0, 0.05) is 11.3 Å². The molecular formula is C13H12O2S. The summed E-state index contributed by atoms with van der Waals surface area (Å²) in [7, 11) is 0. The van der Waals surface area contributed by atoms with E-state index in [1.54, 1.807) is 35.6 Å². The van der Waals surface area contributed by atoms with Crippen molar-refractivity contribution in [3.8, 4) is 5.75 Å². The van der Waals surface area contributed by atoms with Crippen molar-refractivity contribution in [1.82, 2.24) is 0 Å². The largest absolute Gasteiger partial charge is 0.507 e. The number of hydrogen-bond acceptors (Lipinski definition) is 3. The minimum Gasteiger partial charge on any atom is -0.507 e. The van der Waals surface area contributed by atoms with Crippen LogP contribution in [0.2, 0.25) is 0 Å². The molecule has 0 spiro atoms. The number of carbonyl (C=O) groups excluding carboxylic acids is 1. The topological polar surface area (TPSA) is 37.3 Å². The third kappa shape index (κ3) is 2.49. The van der Waals surface area contributed by atoms with Gasteiger partial charge in [-0.05, 0) is 30.0 Å². The van der Waals surface area contributed by atoms with Crippen molar-refractivity contribution in [2.24, 2.45) is 0 Å². The first-order valence-electron chi connectivity index (χ1n) is 5.11. The predicted octanol–water partition coefficient (Wildman–Crippen LogP) is 3.27. The van der Waals surface area contributed by atoms with E-state index in [0.717, 1.165) is 6.42 Å². The van der Waals surface area contributed by atoms with Gasteiger partial charge in [-0.25, -0.2) is 0 Å². The van der Waals surface area contributed by atoms with Gasteiger partial charge in [0.2, 0.25) is 0 Å². The predicted molar refractivity (Wildman–Crippen MR) is 65.1 cm³/mol. The molecule has 1 heterocycles. The molecule has 1 N–H and O–H groups in total. The zero-order valence-electron chi connectivity index (χ0n) is 8.72. The highest BCUT2D eigenvalue weighted by atomic mass is 32.1. The van der Waals surface area contributed by atoms with E-state index in [2.05, 4.69) is 0 Å². The summed E-state index contributed by atoms with van der Waals surface area (Å²) in [6, 6.07) is 10.7. The average molecular weight is 232 g/mol. The van der Waals surface area contributed by atoms with E-state index in [1.807, 2.05) is 17.5 Å². The first-order chi connectivity index (χ1) is 7.77. The summed E-state index contributed by atoms with van der Waals surface area (Å²) in [4.78, 5) is 13.0. The van der Waals surface area contributed by atoms with Crippen LogP contribution in [-0.4, -0.2) is 10.9 Å². The highest BCUT2D eigenvalue weighted by Gasteiger charge is 2.10. The van der Waals surface area contributed by atoms with Gasteiger partial charge in [-0.2, -0.15) is 0 Å². The number of ketones is 1. The maximum Gasteiger partial charge on any atom is 0.166 e. The number of phenols is 1. The van der Waals surface area contributed by atoms with Crippen LogP contribution in [0.15, 0.2) is 41.8 Å². The summed E-state index contributed by atoms with van der Waals surface area (Å²) in [5, 5.41) is 11.5. The lowest BCUT2D eigenvalue weighted by Gasteiger charge is -2.02. The number of Topliss-reactive ketones (excluding diaryl/α,β-unsaturated/α-hetero) is 1. The molecule has 0 atom stereocenters. The lowest BCUT2D eigenvalue weighted by atomic mass is 10.1. The van der Waals surface area contributed by atoms with Gasteiger partial charge in [0.05, 0.1) is 5.56 Å². The van der Waals surface area contributed by atoms with Crippen molar-refractivity contribution in [3.63, 3.8) is 0 Å². The number of hydrogen-bond donors (Lipinski definition) is 1. The summed E-state index contributed by atoms with van der Waals surface area (Å²) >= 11 is 1.65. The SMILES string of the molecule is O=C(CCc1cccs1)c1ccccc1O. The van der Waals surface area contributed by atoms with Crippen molar-refractivity contribution in [2.75, 3.05) is 0 Å². The van der Waals surface area contributed by atoms with Gasteiger partial charge in [-0.1, -0.05) is 18.2 Å². The highest BCUT2D eigenvalue weighted by molar-refractivity contribution is 7.09. The number of carbonyl (C=O) groups is 1. The van der Waals surface area contributed by atoms with Gasteiger partial charge in [0.15, 0.2) is 5.78 Å². The minimum absolute atomic E-state index is 0.00787. The van der Waals surface area contributed by atoms with Gasteiger partial charge in [-0.3, -0.25) is 4.79 Å². The van der Waals surface area contributed by atoms with Crippen LogP contribution < -0.4 is 0 Å². The van der Waals surface area contributed by atoms with E-state index >= 15 is 0 Å². The molecule has 0 unspecified atom stereocenters. The van der Waals surface area contributed by atoms with Crippen LogP contribution in [0.5, 0.6) is 5.75 Å². The van der Waals surface area contributed by atoms with Crippen molar-refractivity contribution >= 4 is 17.1 Å². The molecule has 0 amide bonds. The molecule has 0 aliphatic heterocycles. The Morgan fingerprint density at radius 1 is 1.19 bits per heavy atom. The Morgan fingerprint density at radius 2 is 2.00 bits per heavy atom. The van der Waals surface area contributed by atoms with Crippen molar-refractivity contribution < 1.29 is 9.90 Å². The molecule has 0 fully saturated rings. The number of rotatable bonds is 4. The van der Waals surface area contributed by atoms with Gasteiger partial charge >= 0.3 is 0 Å². The van der Waals surface area contributed by atoms with Crippen LogP contribution in [-0.2, 0) is 6.42 Å². The van der Waals surface area contributed by atoms with Gasteiger partial charge in [0.1, 0.15) is 5.75 Å². The smallest absolute Gasteiger partial charge is 0.166 e. The minimum atomic E-state index is -0.00787. The summed E-state index contributed by atoms with van der Waals surface area (Å²) in [5.74, 6) is 0.0604. The Balaban J connectivity index is 2.01. The van der Waals surface area contributed by atoms with E-state index in [0.29, 0.717) is 12.0 Å². The zero-order chi connectivity index (χ0) is 11.4. The number of aryl methyl sites for hydroxylation is 1.